The maximum atomic E-state index is 13.2. The second kappa shape index (κ2) is 12.4. The van der Waals surface area contributed by atoms with Gasteiger partial charge in [-0.3, -0.25) is 4.79 Å². The predicted molar refractivity (Wildman–Crippen MR) is 166 cm³/mol. The molecule has 1 atom stereocenters. The van der Waals surface area contributed by atoms with E-state index in [2.05, 4.69) is 5.32 Å². The van der Waals surface area contributed by atoms with Gasteiger partial charge in [-0.1, -0.05) is 78.2 Å². The van der Waals surface area contributed by atoms with E-state index >= 15 is 0 Å². The van der Waals surface area contributed by atoms with Gasteiger partial charge in [0.15, 0.2) is 6.10 Å². The molecule has 1 unspecified atom stereocenters. The standard InChI is InChI=1S/C34H30ClN3O4/c1-5-29(33(39)38-28-19-25(35)15-17-30(28)41-4)42-34(40)24-14-16-26-27(18-24)37-32(23-12-8-21(3)9-13-23)31(36-26)22-10-6-20(2)7-11-22/h6-19,29H,5H2,1-4H3,(H,38,39). The van der Waals surface area contributed by atoms with Gasteiger partial charge in [-0.25, -0.2) is 14.8 Å². The Morgan fingerprint density at radius 1 is 0.810 bits per heavy atom. The van der Waals surface area contributed by atoms with Gasteiger partial charge in [-0.2, -0.15) is 0 Å². The zero-order chi connectivity index (χ0) is 29.8. The summed E-state index contributed by atoms with van der Waals surface area (Å²) in [5.74, 6) is -0.689. The zero-order valence-electron chi connectivity index (χ0n) is 23.8. The Bertz CT molecular complexity index is 1770. The SMILES string of the molecule is CCC(OC(=O)c1ccc2nc(-c3ccc(C)cc3)c(-c3ccc(C)cc3)nc2c1)C(=O)Nc1cc(Cl)ccc1OC. The van der Waals surface area contributed by atoms with E-state index in [0.717, 1.165) is 27.9 Å². The fourth-order valence-corrected chi connectivity index (χ4v) is 4.69. The van der Waals surface area contributed by atoms with Crippen LogP contribution < -0.4 is 10.1 Å². The van der Waals surface area contributed by atoms with Crippen LogP contribution in [0.3, 0.4) is 0 Å². The molecule has 42 heavy (non-hydrogen) atoms. The third kappa shape index (κ3) is 6.26. The summed E-state index contributed by atoms with van der Waals surface area (Å²) in [5.41, 5.74) is 7.43. The number of halogens is 1. The van der Waals surface area contributed by atoms with E-state index in [0.29, 0.717) is 33.2 Å². The van der Waals surface area contributed by atoms with Gasteiger partial charge < -0.3 is 14.8 Å². The Kier molecular flexibility index (Phi) is 8.50. The molecule has 5 rings (SSSR count). The number of ether oxygens (including phenoxy) is 2. The first kappa shape index (κ1) is 28.8. The molecule has 8 heteroatoms. The summed E-state index contributed by atoms with van der Waals surface area (Å²) in [7, 11) is 1.49. The number of aromatic nitrogens is 2. The number of rotatable bonds is 8. The highest BCUT2D eigenvalue weighted by atomic mass is 35.5. The van der Waals surface area contributed by atoms with Crippen LogP contribution in [0.25, 0.3) is 33.5 Å². The van der Waals surface area contributed by atoms with Crippen molar-refractivity contribution in [3.05, 3.63) is 107 Å². The number of nitrogens with one attached hydrogen (secondary N) is 1. The molecule has 212 valence electrons. The van der Waals surface area contributed by atoms with E-state index in [1.807, 2.05) is 62.4 Å². The van der Waals surface area contributed by atoms with Gasteiger partial charge in [0.1, 0.15) is 5.75 Å². The molecule has 1 amide bonds. The summed E-state index contributed by atoms with van der Waals surface area (Å²) in [6.07, 6.45) is -0.763. The molecule has 1 N–H and O–H groups in total. The maximum Gasteiger partial charge on any atom is 0.338 e. The fourth-order valence-electron chi connectivity index (χ4n) is 4.52. The Morgan fingerprint density at radius 2 is 1.40 bits per heavy atom. The zero-order valence-corrected chi connectivity index (χ0v) is 24.5. The quantitative estimate of drug-likeness (QED) is 0.188. The lowest BCUT2D eigenvalue weighted by Gasteiger charge is -2.17. The topological polar surface area (TPSA) is 90.4 Å². The number of nitrogens with zero attached hydrogens (tertiary/aromatic N) is 2. The molecule has 0 aliphatic carbocycles. The van der Waals surface area contributed by atoms with E-state index in [-0.39, 0.29) is 12.0 Å². The molecule has 0 aliphatic rings. The minimum absolute atomic E-state index is 0.265. The van der Waals surface area contributed by atoms with Crippen LogP contribution in [0.15, 0.2) is 84.9 Å². The van der Waals surface area contributed by atoms with E-state index in [1.54, 1.807) is 43.3 Å². The molecule has 5 aromatic rings. The van der Waals surface area contributed by atoms with Crippen LogP contribution in [0, 0.1) is 13.8 Å². The Balaban J connectivity index is 1.45. The van der Waals surface area contributed by atoms with E-state index in [1.165, 1.54) is 7.11 Å². The normalized spacial score (nSPS) is 11.6. The van der Waals surface area contributed by atoms with Crippen molar-refractivity contribution in [1.29, 1.82) is 0 Å². The van der Waals surface area contributed by atoms with Crippen LogP contribution in [0.5, 0.6) is 5.75 Å². The molecule has 1 aromatic heterocycles. The molecule has 0 spiro atoms. The Hall–Kier alpha value is -4.75. The Morgan fingerprint density at radius 3 is 1.98 bits per heavy atom. The summed E-state index contributed by atoms with van der Waals surface area (Å²) < 4.78 is 10.9. The lowest BCUT2D eigenvalue weighted by molar-refractivity contribution is -0.124. The third-order valence-electron chi connectivity index (χ3n) is 6.88. The molecule has 1 heterocycles. The van der Waals surface area contributed by atoms with Crippen LogP contribution in [-0.4, -0.2) is 35.1 Å². The number of carbonyl (C=O) groups is 2. The van der Waals surface area contributed by atoms with Crippen molar-refractivity contribution in [3.63, 3.8) is 0 Å². The average molecular weight is 580 g/mol. The number of amides is 1. The molecule has 7 nitrogen and oxygen atoms in total. The van der Waals surface area contributed by atoms with Crippen LogP contribution >= 0.6 is 11.6 Å². The maximum absolute atomic E-state index is 13.2. The highest BCUT2D eigenvalue weighted by Crippen LogP contribution is 2.32. The van der Waals surface area contributed by atoms with Gasteiger partial charge >= 0.3 is 5.97 Å². The summed E-state index contributed by atoms with van der Waals surface area (Å²) >= 11 is 6.09. The first-order valence-electron chi connectivity index (χ1n) is 13.6. The minimum Gasteiger partial charge on any atom is -0.495 e. The molecule has 0 saturated carbocycles. The monoisotopic (exact) mass is 579 g/mol. The van der Waals surface area contributed by atoms with Crippen LogP contribution in [0.4, 0.5) is 5.69 Å². The van der Waals surface area contributed by atoms with Gasteiger partial charge in [0.25, 0.3) is 5.91 Å². The number of esters is 1. The number of aryl methyl sites for hydroxylation is 2. The molecule has 0 bridgehead atoms. The molecule has 0 aliphatic heterocycles. The second-order valence-electron chi connectivity index (χ2n) is 9.99. The molecular formula is C34H30ClN3O4. The summed E-state index contributed by atoms with van der Waals surface area (Å²) in [5, 5.41) is 3.18. The summed E-state index contributed by atoms with van der Waals surface area (Å²) in [4.78, 5) is 36.1. The first-order chi connectivity index (χ1) is 20.2. The van der Waals surface area contributed by atoms with Gasteiger partial charge in [0.05, 0.1) is 40.8 Å². The van der Waals surface area contributed by atoms with Crippen molar-refractivity contribution in [2.75, 3.05) is 12.4 Å². The van der Waals surface area contributed by atoms with E-state index in [9.17, 15) is 9.59 Å². The van der Waals surface area contributed by atoms with E-state index in [4.69, 9.17) is 31.0 Å². The first-order valence-corrected chi connectivity index (χ1v) is 13.9. The molecule has 0 radical (unpaired) electrons. The lowest BCUT2D eigenvalue weighted by atomic mass is 10.0. The largest absolute Gasteiger partial charge is 0.495 e. The summed E-state index contributed by atoms with van der Waals surface area (Å²) in [6, 6.07) is 26.1. The number of hydrogen-bond donors (Lipinski definition) is 1. The van der Waals surface area contributed by atoms with Crippen molar-refractivity contribution < 1.29 is 19.1 Å². The summed E-state index contributed by atoms with van der Waals surface area (Å²) in [6.45, 7) is 5.83. The van der Waals surface area contributed by atoms with Gasteiger partial charge in [0, 0.05) is 16.1 Å². The van der Waals surface area contributed by atoms with Crippen molar-refractivity contribution in [2.45, 2.75) is 33.3 Å². The molecule has 0 fully saturated rings. The number of methoxy groups -OCH3 is 1. The minimum atomic E-state index is -1.03. The van der Waals surface area contributed by atoms with Crippen molar-refractivity contribution in [3.8, 4) is 28.3 Å². The number of hydrogen-bond acceptors (Lipinski definition) is 6. The Labute approximate surface area is 249 Å². The molecular weight excluding hydrogens is 550 g/mol. The van der Waals surface area contributed by atoms with Crippen molar-refractivity contribution >= 4 is 40.2 Å². The number of benzene rings is 4. The molecule has 0 saturated heterocycles. The van der Waals surface area contributed by atoms with Gasteiger partial charge in [-0.05, 0) is 56.7 Å². The number of fused-ring (bicyclic) bond motifs is 1. The lowest BCUT2D eigenvalue weighted by Crippen LogP contribution is -2.32. The second-order valence-corrected chi connectivity index (χ2v) is 10.4. The average Bonchev–Trinajstić information content (AvgIpc) is 2.99. The van der Waals surface area contributed by atoms with Gasteiger partial charge in [0.2, 0.25) is 0 Å². The smallest absolute Gasteiger partial charge is 0.338 e. The van der Waals surface area contributed by atoms with Crippen LogP contribution in [-0.2, 0) is 9.53 Å². The number of carbonyl (C=O) groups excluding carboxylic acids is 2. The van der Waals surface area contributed by atoms with Crippen molar-refractivity contribution in [2.24, 2.45) is 0 Å². The molecule has 4 aromatic carbocycles. The highest BCUT2D eigenvalue weighted by molar-refractivity contribution is 6.31. The fraction of sp³-hybridized carbons (Fsp3) is 0.176. The van der Waals surface area contributed by atoms with Gasteiger partial charge in [-0.15, -0.1) is 0 Å². The van der Waals surface area contributed by atoms with Crippen molar-refractivity contribution in [1.82, 2.24) is 9.97 Å². The predicted octanol–water partition coefficient (Wildman–Crippen LogP) is 7.82. The van der Waals surface area contributed by atoms with Crippen LogP contribution in [0.1, 0.15) is 34.8 Å². The van der Waals surface area contributed by atoms with E-state index < -0.39 is 18.0 Å². The van der Waals surface area contributed by atoms with Crippen LogP contribution in [0.2, 0.25) is 5.02 Å². The third-order valence-corrected chi connectivity index (χ3v) is 7.12. The number of anilines is 1. The highest BCUT2D eigenvalue weighted by Gasteiger charge is 2.24.